The predicted octanol–water partition coefficient (Wildman–Crippen LogP) is 4.57. The van der Waals surface area contributed by atoms with Crippen molar-refractivity contribution in [3.8, 4) is 0 Å². The lowest BCUT2D eigenvalue weighted by Gasteiger charge is -2.34. The first-order valence-corrected chi connectivity index (χ1v) is 12.2. The Hall–Kier alpha value is 0.0169. The van der Waals surface area contributed by atoms with Crippen LogP contribution in [0.1, 0.15) is 73.1 Å². The van der Waals surface area contributed by atoms with Crippen molar-refractivity contribution in [2.75, 3.05) is 26.4 Å². The first-order valence-electron chi connectivity index (χ1n) is 10.2. The third-order valence-corrected chi connectivity index (χ3v) is 7.35. The van der Waals surface area contributed by atoms with E-state index in [1.807, 2.05) is 0 Å². The second-order valence-electron chi connectivity index (χ2n) is 7.11. The molecule has 3 atom stereocenters. The van der Waals surface area contributed by atoms with Gasteiger partial charge in [-0.15, -0.1) is 0 Å². The van der Waals surface area contributed by atoms with Crippen molar-refractivity contribution in [1.29, 1.82) is 0 Å². The standard InChI is InChI=1S/C19H40O5Si/c1-6-9-12-22-25(23-13-10-7-2,24-17(4)11-8-3)16-18(5)20-14-19-15-21-19/h17-19H,6-16H2,1-5H3. The molecule has 0 spiro atoms. The fourth-order valence-electron chi connectivity index (χ4n) is 2.64. The smallest absolute Gasteiger partial charge is 0.376 e. The summed E-state index contributed by atoms with van der Waals surface area (Å²) in [4.78, 5) is 0. The molecule has 1 heterocycles. The van der Waals surface area contributed by atoms with Crippen molar-refractivity contribution in [1.82, 2.24) is 0 Å². The minimum Gasteiger partial charge on any atom is -0.376 e. The molecule has 6 heteroatoms. The van der Waals surface area contributed by atoms with E-state index in [1.165, 1.54) is 0 Å². The zero-order valence-electron chi connectivity index (χ0n) is 17.1. The van der Waals surface area contributed by atoms with Crippen LogP contribution in [0.15, 0.2) is 0 Å². The van der Waals surface area contributed by atoms with Crippen molar-refractivity contribution in [2.24, 2.45) is 0 Å². The van der Waals surface area contributed by atoms with Crippen LogP contribution in [0.2, 0.25) is 6.04 Å². The van der Waals surface area contributed by atoms with Crippen LogP contribution >= 0.6 is 0 Å². The summed E-state index contributed by atoms with van der Waals surface area (Å²) in [5.41, 5.74) is 0. The molecule has 0 aromatic heterocycles. The molecule has 3 unspecified atom stereocenters. The normalized spacial score (nSPS) is 19.8. The highest BCUT2D eigenvalue weighted by Gasteiger charge is 2.44. The summed E-state index contributed by atoms with van der Waals surface area (Å²) in [6, 6.07) is 0.710. The fourth-order valence-corrected chi connectivity index (χ4v) is 5.65. The van der Waals surface area contributed by atoms with E-state index < -0.39 is 8.80 Å². The van der Waals surface area contributed by atoms with Crippen molar-refractivity contribution < 1.29 is 22.8 Å². The summed E-state index contributed by atoms with van der Waals surface area (Å²) in [5.74, 6) is 0. The predicted molar refractivity (Wildman–Crippen MR) is 103 cm³/mol. The third kappa shape index (κ3) is 10.7. The molecule has 1 aliphatic rings. The van der Waals surface area contributed by atoms with Crippen molar-refractivity contribution in [3.05, 3.63) is 0 Å². The van der Waals surface area contributed by atoms with Gasteiger partial charge < -0.3 is 22.8 Å². The average molecular weight is 377 g/mol. The summed E-state index contributed by atoms with van der Waals surface area (Å²) < 4.78 is 30.3. The van der Waals surface area contributed by atoms with Gasteiger partial charge in [-0.1, -0.05) is 40.0 Å². The van der Waals surface area contributed by atoms with Gasteiger partial charge in [-0.25, -0.2) is 0 Å². The van der Waals surface area contributed by atoms with Crippen molar-refractivity contribution >= 4 is 8.80 Å². The minimum absolute atomic E-state index is 0.0490. The molecule has 1 rings (SSSR count). The Morgan fingerprint density at radius 3 is 2.04 bits per heavy atom. The number of rotatable bonds is 17. The van der Waals surface area contributed by atoms with Gasteiger partial charge in [-0.2, -0.15) is 0 Å². The highest BCUT2D eigenvalue weighted by Crippen LogP contribution is 2.24. The van der Waals surface area contributed by atoms with E-state index in [0.29, 0.717) is 25.9 Å². The molecule has 0 saturated carbocycles. The molecule has 0 N–H and O–H groups in total. The molecule has 1 aliphatic heterocycles. The second kappa shape index (κ2) is 13.2. The second-order valence-corrected chi connectivity index (χ2v) is 9.69. The van der Waals surface area contributed by atoms with Crippen LogP contribution in [0.4, 0.5) is 0 Å². The monoisotopic (exact) mass is 376 g/mol. The lowest BCUT2D eigenvalue weighted by Crippen LogP contribution is -2.50. The zero-order valence-corrected chi connectivity index (χ0v) is 18.1. The largest absolute Gasteiger partial charge is 0.503 e. The molecule has 0 aromatic rings. The lowest BCUT2D eigenvalue weighted by molar-refractivity contribution is 0.00473. The Morgan fingerprint density at radius 2 is 1.56 bits per heavy atom. The van der Waals surface area contributed by atoms with Gasteiger partial charge in [0.2, 0.25) is 0 Å². The van der Waals surface area contributed by atoms with Crippen LogP contribution in [0.5, 0.6) is 0 Å². The first-order chi connectivity index (χ1) is 12.0. The molecule has 0 amide bonds. The summed E-state index contributed by atoms with van der Waals surface area (Å²) in [6.07, 6.45) is 6.87. The van der Waals surface area contributed by atoms with E-state index in [2.05, 4.69) is 34.6 Å². The number of ether oxygens (including phenoxy) is 2. The Kier molecular flexibility index (Phi) is 12.2. The number of hydrogen-bond donors (Lipinski definition) is 0. The molecule has 0 bridgehead atoms. The zero-order chi connectivity index (χ0) is 18.5. The van der Waals surface area contributed by atoms with Crippen LogP contribution in [0, 0.1) is 0 Å². The van der Waals surface area contributed by atoms with Gasteiger partial charge in [-0.3, -0.25) is 0 Å². The maximum absolute atomic E-state index is 6.45. The number of hydrogen-bond acceptors (Lipinski definition) is 5. The molecule has 1 saturated heterocycles. The van der Waals surface area contributed by atoms with Crippen LogP contribution < -0.4 is 0 Å². The fraction of sp³-hybridized carbons (Fsp3) is 1.00. The Morgan fingerprint density at radius 1 is 0.960 bits per heavy atom. The summed E-state index contributed by atoms with van der Waals surface area (Å²) in [5, 5.41) is 0. The van der Waals surface area contributed by atoms with Crippen LogP contribution in [0.3, 0.4) is 0 Å². The minimum atomic E-state index is -2.75. The molecule has 0 aliphatic carbocycles. The Bertz CT molecular complexity index is 315. The maximum Gasteiger partial charge on any atom is 0.503 e. The van der Waals surface area contributed by atoms with Gasteiger partial charge in [0.1, 0.15) is 6.10 Å². The van der Waals surface area contributed by atoms with Gasteiger partial charge in [0.25, 0.3) is 0 Å². The molecule has 1 fully saturated rings. The van der Waals surface area contributed by atoms with Gasteiger partial charge in [0.15, 0.2) is 0 Å². The SMILES string of the molecule is CCCCO[Si](CC(C)OCC1CO1)(OCCCC)OC(C)CCC. The summed E-state index contributed by atoms with van der Waals surface area (Å²) >= 11 is 0. The molecule has 0 radical (unpaired) electrons. The van der Waals surface area contributed by atoms with E-state index >= 15 is 0 Å². The maximum atomic E-state index is 6.45. The average Bonchev–Trinajstić information content (AvgIpc) is 3.38. The number of unbranched alkanes of at least 4 members (excludes halogenated alkanes) is 2. The third-order valence-electron chi connectivity index (χ3n) is 4.22. The van der Waals surface area contributed by atoms with Crippen molar-refractivity contribution in [2.45, 2.75) is 97.5 Å². The Balaban J connectivity index is 2.69. The van der Waals surface area contributed by atoms with E-state index in [4.69, 9.17) is 22.8 Å². The molecule has 5 nitrogen and oxygen atoms in total. The van der Waals surface area contributed by atoms with E-state index in [1.54, 1.807) is 0 Å². The first kappa shape index (κ1) is 23.1. The van der Waals surface area contributed by atoms with E-state index in [9.17, 15) is 0 Å². The highest BCUT2D eigenvalue weighted by molar-refractivity contribution is 6.61. The molecule has 0 aromatic carbocycles. The topological polar surface area (TPSA) is 49.5 Å². The van der Waals surface area contributed by atoms with Crippen LogP contribution in [0.25, 0.3) is 0 Å². The van der Waals surface area contributed by atoms with Gasteiger partial charge in [0.05, 0.1) is 19.3 Å². The molecular weight excluding hydrogens is 336 g/mol. The molecule has 150 valence electrons. The number of epoxide rings is 1. The van der Waals surface area contributed by atoms with Gasteiger partial charge in [-0.05, 0) is 33.1 Å². The molecule has 25 heavy (non-hydrogen) atoms. The van der Waals surface area contributed by atoms with Crippen LogP contribution in [-0.2, 0) is 22.8 Å². The van der Waals surface area contributed by atoms with Gasteiger partial charge in [0, 0.05) is 25.4 Å². The van der Waals surface area contributed by atoms with Crippen LogP contribution in [-0.4, -0.2) is 53.5 Å². The van der Waals surface area contributed by atoms with E-state index in [0.717, 1.165) is 45.1 Å². The van der Waals surface area contributed by atoms with Gasteiger partial charge >= 0.3 is 8.80 Å². The quantitative estimate of drug-likeness (QED) is 0.211. The Labute approximate surface area is 156 Å². The van der Waals surface area contributed by atoms with Crippen molar-refractivity contribution in [3.63, 3.8) is 0 Å². The van der Waals surface area contributed by atoms with E-state index in [-0.39, 0.29) is 18.3 Å². The lowest BCUT2D eigenvalue weighted by atomic mass is 10.2. The highest BCUT2D eigenvalue weighted by atomic mass is 28.4. The molecular formula is C19H40O5Si. The summed E-state index contributed by atoms with van der Waals surface area (Å²) in [7, 11) is -2.75. The summed E-state index contributed by atoms with van der Waals surface area (Å²) in [6.45, 7) is 13.6.